The van der Waals surface area contributed by atoms with Gasteiger partial charge in [-0.3, -0.25) is 0 Å². The van der Waals surface area contributed by atoms with Crippen molar-refractivity contribution in [2.45, 2.75) is 53.9 Å². The molecule has 0 rings (SSSR count). The fourth-order valence-corrected chi connectivity index (χ4v) is 1.16. The molecule has 16 heavy (non-hydrogen) atoms. The lowest BCUT2D eigenvalue weighted by molar-refractivity contribution is 0.0903. The molecule has 0 N–H and O–H groups in total. The van der Waals surface area contributed by atoms with Crippen molar-refractivity contribution < 1.29 is 9.47 Å². The number of allylic oxidation sites excluding steroid dienone is 1. The van der Waals surface area contributed by atoms with Crippen LogP contribution in [0.2, 0.25) is 0 Å². The molecule has 0 aromatic carbocycles. The van der Waals surface area contributed by atoms with E-state index in [-0.39, 0.29) is 0 Å². The molecule has 2 heteroatoms. The van der Waals surface area contributed by atoms with Gasteiger partial charge in [-0.1, -0.05) is 27.2 Å². The Morgan fingerprint density at radius 2 is 1.81 bits per heavy atom. The van der Waals surface area contributed by atoms with E-state index in [0.29, 0.717) is 12.5 Å². The lowest BCUT2D eigenvalue weighted by atomic mass is 10.1. The van der Waals surface area contributed by atoms with Crippen molar-refractivity contribution >= 4 is 0 Å². The fourth-order valence-electron chi connectivity index (χ4n) is 1.16. The molecule has 0 saturated heterocycles. The predicted molar refractivity (Wildman–Crippen MR) is 69.5 cm³/mol. The maximum atomic E-state index is 5.75. The average Bonchev–Trinajstić information content (AvgIpc) is 2.20. The van der Waals surface area contributed by atoms with Crippen molar-refractivity contribution in [3.8, 4) is 0 Å². The van der Waals surface area contributed by atoms with E-state index < -0.39 is 0 Å². The highest BCUT2D eigenvalue weighted by molar-refractivity contribution is 5.02. The molecule has 0 aromatic rings. The molecular formula is C14H28O2. The molecular weight excluding hydrogens is 200 g/mol. The van der Waals surface area contributed by atoms with Crippen LogP contribution in [0.15, 0.2) is 11.3 Å². The van der Waals surface area contributed by atoms with Crippen molar-refractivity contribution in [1.29, 1.82) is 0 Å². The van der Waals surface area contributed by atoms with Crippen molar-refractivity contribution in [2.24, 2.45) is 5.92 Å². The maximum absolute atomic E-state index is 5.75. The van der Waals surface area contributed by atoms with Gasteiger partial charge < -0.3 is 9.47 Å². The van der Waals surface area contributed by atoms with Crippen LogP contribution in [-0.4, -0.2) is 19.8 Å². The van der Waals surface area contributed by atoms with Gasteiger partial charge in [0.1, 0.15) is 12.4 Å². The van der Waals surface area contributed by atoms with Crippen LogP contribution in [0.5, 0.6) is 0 Å². The van der Waals surface area contributed by atoms with Crippen LogP contribution < -0.4 is 0 Å². The summed E-state index contributed by atoms with van der Waals surface area (Å²) >= 11 is 0. The molecule has 0 spiro atoms. The van der Waals surface area contributed by atoms with Crippen LogP contribution in [0.3, 0.4) is 0 Å². The summed E-state index contributed by atoms with van der Waals surface area (Å²) in [5.41, 5.74) is 1.22. The van der Waals surface area contributed by atoms with E-state index in [0.717, 1.165) is 31.8 Å². The summed E-state index contributed by atoms with van der Waals surface area (Å²) in [4.78, 5) is 0. The molecule has 0 aliphatic heterocycles. The third kappa shape index (κ3) is 8.78. The summed E-state index contributed by atoms with van der Waals surface area (Å²) in [6.07, 6.45) is 3.41. The van der Waals surface area contributed by atoms with E-state index in [9.17, 15) is 0 Å². The zero-order chi connectivity index (χ0) is 12.4. The van der Waals surface area contributed by atoms with E-state index in [1.165, 1.54) is 12.0 Å². The van der Waals surface area contributed by atoms with Crippen LogP contribution in [0.25, 0.3) is 0 Å². The maximum Gasteiger partial charge on any atom is 0.120 e. The van der Waals surface area contributed by atoms with Crippen LogP contribution in [0.4, 0.5) is 0 Å². The Balaban J connectivity index is 3.78. The summed E-state index contributed by atoms with van der Waals surface area (Å²) in [6, 6.07) is 0. The van der Waals surface area contributed by atoms with Gasteiger partial charge in [-0.15, -0.1) is 0 Å². The molecule has 0 fully saturated rings. The summed E-state index contributed by atoms with van der Waals surface area (Å²) in [5.74, 6) is 1.70. The van der Waals surface area contributed by atoms with E-state index in [2.05, 4.69) is 34.6 Å². The molecule has 0 aliphatic carbocycles. The second kappa shape index (κ2) is 9.71. The Hall–Kier alpha value is -0.500. The molecule has 0 aliphatic rings. The molecule has 96 valence electrons. The number of rotatable bonds is 9. The SMILES string of the molecule is CCCCOCC(OCCC(C)C)=C(C)C. The third-order valence-electron chi connectivity index (χ3n) is 2.40. The van der Waals surface area contributed by atoms with Crippen molar-refractivity contribution in [3.05, 3.63) is 11.3 Å². The Kier molecular flexibility index (Phi) is 9.40. The highest BCUT2D eigenvalue weighted by atomic mass is 16.5. The number of hydrogen-bond donors (Lipinski definition) is 0. The standard InChI is InChI=1S/C14H28O2/c1-6-7-9-15-11-14(13(4)5)16-10-8-12(2)3/h12H,6-11H2,1-5H3. The van der Waals surface area contributed by atoms with E-state index >= 15 is 0 Å². The third-order valence-corrected chi connectivity index (χ3v) is 2.40. The second-order valence-corrected chi connectivity index (χ2v) is 4.86. The van der Waals surface area contributed by atoms with E-state index in [4.69, 9.17) is 9.47 Å². The van der Waals surface area contributed by atoms with Gasteiger partial charge in [-0.2, -0.15) is 0 Å². The Labute approximate surface area is 101 Å². The first-order chi connectivity index (χ1) is 7.57. The lowest BCUT2D eigenvalue weighted by Gasteiger charge is -2.14. The Bertz CT molecular complexity index is 191. The van der Waals surface area contributed by atoms with Crippen LogP contribution in [-0.2, 0) is 9.47 Å². The van der Waals surface area contributed by atoms with Gasteiger partial charge >= 0.3 is 0 Å². The summed E-state index contributed by atoms with van der Waals surface area (Å²) in [5, 5.41) is 0. The van der Waals surface area contributed by atoms with E-state index in [1.807, 2.05) is 0 Å². The van der Waals surface area contributed by atoms with Crippen molar-refractivity contribution in [2.75, 3.05) is 19.8 Å². The Morgan fingerprint density at radius 1 is 1.12 bits per heavy atom. The molecule has 0 aromatic heterocycles. The minimum absolute atomic E-state index is 0.625. The molecule has 0 heterocycles. The minimum Gasteiger partial charge on any atom is -0.496 e. The van der Waals surface area contributed by atoms with Gasteiger partial charge in [0.05, 0.1) is 6.61 Å². The van der Waals surface area contributed by atoms with Gasteiger partial charge in [0.15, 0.2) is 0 Å². The zero-order valence-electron chi connectivity index (χ0n) is 11.6. The molecule has 2 nitrogen and oxygen atoms in total. The van der Waals surface area contributed by atoms with Crippen molar-refractivity contribution in [1.82, 2.24) is 0 Å². The van der Waals surface area contributed by atoms with Gasteiger partial charge in [-0.05, 0) is 38.2 Å². The van der Waals surface area contributed by atoms with Crippen LogP contribution in [0, 0.1) is 5.92 Å². The topological polar surface area (TPSA) is 18.5 Å². The smallest absolute Gasteiger partial charge is 0.120 e. The molecule has 0 radical (unpaired) electrons. The minimum atomic E-state index is 0.625. The number of ether oxygens (including phenoxy) is 2. The lowest BCUT2D eigenvalue weighted by Crippen LogP contribution is -2.07. The van der Waals surface area contributed by atoms with Crippen LogP contribution >= 0.6 is 0 Å². The summed E-state index contributed by atoms with van der Waals surface area (Å²) < 4.78 is 11.3. The molecule has 0 atom stereocenters. The largest absolute Gasteiger partial charge is 0.496 e. The normalized spacial score (nSPS) is 10.6. The van der Waals surface area contributed by atoms with Gasteiger partial charge in [-0.25, -0.2) is 0 Å². The zero-order valence-corrected chi connectivity index (χ0v) is 11.6. The van der Waals surface area contributed by atoms with Gasteiger partial charge in [0, 0.05) is 6.61 Å². The summed E-state index contributed by atoms with van der Waals surface area (Å²) in [7, 11) is 0. The predicted octanol–water partition coefficient (Wildman–Crippen LogP) is 4.16. The fraction of sp³-hybridized carbons (Fsp3) is 0.857. The highest BCUT2D eigenvalue weighted by Gasteiger charge is 2.02. The first-order valence-corrected chi connectivity index (χ1v) is 6.44. The molecule has 0 amide bonds. The first kappa shape index (κ1) is 15.5. The number of unbranched alkanes of at least 4 members (excludes halogenated alkanes) is 1. The van der Waals surface area contributed by atoms with Gasteiger partial charge in [0.25, 0.3) is 0 Å². The quantitative estimate of drug-likeness (QED) is 0.436. The average molecular weight is 228 g/mol. The van der Waals surface area contributed by atoms with Crippen LogP contribution in [0.1, 0.15) is 53.9 Å². The van der Waals surface area contributed by atoms with Crippen molar-refractivity contribution in [3.63, 3.8) is 0 Å². The molecule has 0 bridgehead atoms. The second-order valence-electron chi connectivity index (χ2n) is 4.86. The molecule has 0 unspecified atom stereocenters. The summed E-state index contributed by atoms with van der Waals surface area (Å²) in [6.45, 7) is 13.0. The Morgan fingerprint density at radius 3 is 2.31 bits per heavy atom. The van der Waals surface area contributed by atoms with Gasteiger partial charge in [0.2, 0.25) is 0 Å². The monoisotopic (exact) mass is 228 g/mol. The molecule has 0 saturated carbocycles. The first-order valence-electron chi connectivity index (χ1n) is 6.44. The highest BCUT2D eigenvalue weighted by Crippen LogP contribution is 2.09. The van der Waals surface area contributed by atoms with E-state index in [1.54, 1.807) is 0 Å². The number of hydrogen-bond acceptors (Lipinski definition) is 2.